The minimum absolute atomic E-state index is 0.154. The molecule has 2 aromatic rings. The van der Waals surface area contributed by atoms with Crippen LogP contribution < -0.4 is 5.32 Å². The lowest BCUT2D eigenvalue weighted by Crippen LogP contribution is -2.26. The molecule has 1 saturated carbocycles. The molecule has 2 aliphatic rings. The predicted molar refractivity (Wildman–Crippen MR) is 113 cm³/mol. The van der Waals surface area contributed by atoms with Crippen molar-refractivity contribution in [1.29, 1.82) is 0 Å². The summed E-state index contributed by atoms with van der Waals surface area (Å²) in [6.45, 7) is 3.23. The molecule has 1 aromatic heterocycles. The normalized spacial score (nSPS) is 18.7. The molecule has 2 fully saturated rings. The molecule has 1 aliphatic carbocycles. The van der Waals surface area contributed by atoms with Crippen LogP contribution in [0.25, 0.3) is 0 Å². The number of hydrogen-bond donors (Lipinski definition) is 1. The van der Waals surface area contributed by atoms with E-state index in [0.717, 1.165) is 31.2 Å². The van der Waals surface area contributed by atoms with Crippen LogP contribution in [0.5, 0.6) is 0 Å². The standard InChI is InChI=1S/C22H27N3O4S/c1-15-12-17(2-5-20(15)30(27,28)18-3-4-18)19(13-16-6-10-29-11-7-16)22(26)25-21-14-23-8-9-24-21/h2,5,8-9,12,14,16,18-19H,3-4,6-7,10-11,13H2,1H3,(H,24,25,26)/t19-/m1/s1. The van der Waals surface area contributed by atoms with Crippen LogP contribution in [-0.4, -0.2) is 42.8 Å². The molecule has 8 heteroatoms. The van der Waals surface area contributed by atoms with Gasteiger partial charge in [-0.15, -0.1) is 0 Å². The SMILES string of the molecule is Cc1cc([C@@H](CC2CCOCC2)C(=O)Nc2cnccn2)ccc1S(=O)(=O)C1CC1. The minimum atomic E-state index is -3.27. The van der Waals surface area contributed by atoms with Crippen molar-refractivity contribution < 1.29 is 17.9 Å². The number of aromatic nitrogens is 2. The Hall–Kier alpha value is -2.32. The molecule has 1 aromatic carbocycles. The molecule has 1 N–H and O–H groups in total. The first kappa shape index (κ1) is 20.9. The summed E-state index contributed by atoms with van der Waals surface area (Å²) in [5.41, 5.74) is 1.53. The Morgan fingerprint density at radius 2 is 1.97 bits per heavy atom. The quantitative estimate of drug-likeness (QED) is 0.725. The number of amides is 1. The number of anilines is 1. The Morgan fingerprint density at radius 1 is 1.20 bits per heavy atom. The number of nitrogens with one attached hydrogen (secondary N) is 1. The zero-order valence-corrected chi connectivity index (χ0v) is 17.9. The van der Waals surface area contributed by atoms with Crippen molar-refractivity contribution in [3.8, 4) is 0 Å². The summed E-state index contributed by atoms with van der Waals surface area (Å²) in [4.78, 5) is 21.7. The molecule has 4 rings (SSSR count). The van der Waals surface area contributed by atoms with Crippen molar-refractivity contribution in [3.05, 3.63) is 47.9 Å². The monoisotopic (exact) mass is 429 g/mol. The Morgan fingerprint density at radius 3 is 2.60 bits per heavy atom. The van der Waals surface area contributed by atoms with E-state index in [4.69, 9.17) is 4.74 Å². The van der Waals surface area contributed by atoms with E-state index >= 15 is 0 Å². The van der Waals surface area contributed by atoms with Gasteiger partial charge in [0.1, 0.15) is 0 Å². The van der Waals surface area contributed by atoms with Crippen LogP contribution in [0, 0.1) is 12.8 Å². The molecule has 1 amide bonds. The second kappa shape index (κ2) is 8.81. The van der Waals surface area contributed by atoms with Gasteiger partial charge in [-0.05, 0) is 62.1 Å². The molecular formula is C22H27N3O4S. The van der Waals surface area contributed by atoms with Gasteiger partial charge < -0.3 is 10.1 Å². The number of nitrogens with zero attached hydrogens (tertiary/aromatic N) is 2. The van der Waals surface area contributed by atoms with E-state index in [9.17, 15) is 13.2 Å². The number of carbonyl (C=O) groups excluding carboxylic acids is 1. The molecule has 2 heterocycles. The van der Waals surface area contributed by atoms with Gasteiger partial charge in [0, 0.05) is 25.6 Å². The Balaban J connectivity index is 1.61. The fourth-order valence-electron chi connectivity index (χ4n) is 4.05. The van der Waals surface area contributed by atoms with Gasteiger partial charge in [0.05, 0.1) is 22.3 Å². The van der Waals surface area contributed by atoms with E-state index in [0.29, 0.717) is 41.8 Å². The highest BCUT2D eigenvalue weighted by atomic mass is 32.2. The van der Waals surface area contributed by atoms with Crippen molar-refractivity contribution in [2.24, 2.45) is 5.92 Å². The molecule has 160 valence electrons. The van der Waals surface area contributed by atoms with Gasteiger partial charge >= 0.3 is 0 Å². The lowest BCUT2D eigenvalue weighted by Gasteiger charge is -2.26. The smallest absolute Gasteiger partial charge is 0.233 e. The van der Waals surface area contributed by atoms with Gasteiger partial charge in [-0.1, -0.05) is 12.1 Å². The summed E-state index contributed by atoms with van der Waals surface area (Å²) in [6.07, 6.45) is 8.59. The Labute approximate surface area is 177 Å². The van der Waals surface area contributed by atoms with Gasteiger partial charge in [0.15, 0.2) is 15.7 Å². The van der Waals surface area contributed by atoms with E-state index in [-0.39, 0.29) is 11.2 Å². The summed E-state index contributed by atoms with van der Waals surface area (Å²) < 4.78 is 30.8. The molecule has 1 atom stereocenters. The number of benzene rings is 1. The summed E-state index contributed by atoms with van der Waals surface area (Å²) in [6, 6.07) is 5.32. The van der Waals surface area contributed by atoms with Crippen LogP contribution in [0.1, 0.15) is 49.1 Å². The first-order valence-corrected chi connectivity index (χ1v) is 12.0. The zero-order chi connectivity index (χ0) is 21.1. The van der Waals surface area contributed by atoms with Gasteiger partial charge in [0.2, 0.25) is 5.91 Å². The molecule has 0 unspecified atom stereocenters. The predicted octanol–water partition coefficient (Wildman–Crippen LogP) is 3.26. The number of aryl methyl sites for hydroxylation is 1. The highest BCUT2D eigenvalue weighted by Gasteiger charge is 2.38. The average Bonchev–Trinajstić information content (AvgIpc) is 3.59. The third kappa shape index (κ3) is 4.70. The maximum Gasteiger partial charge on any atom is 0.233 e. The second-order valence-corrected chi connectivity index (χ2v) is 10.4. The number of hydrogen-bond acceptors (Lipinski definition) is 6. The number of ether oxygens (including phenoxy) is 1. The summed E-state index contributed by atoms with van der Waals surface area (Å²) in [7, 11) is -3.27. The molecule has 0 bridgehead atoms. The highest BCUT2D eigenvalue weighted by Crippen LogP contribution is 2.37. The third-order valence-corrected chi connectivity index (χ3v) is 8.33. The number of rotatable bonds is 7. The fourth-order valence-corrected chi connectivity index (χ4v) is 5.93. The van der Waals surface area contributed by atoms with Gasteiger partial charge in [0.25, 0.3) is 0 Å². The Kier molecular flexibility index (Phi) is 6.15. The van der Waals surface area contributed by atoms with Crippen molar-refractivity contribution in [1.82, 2.24) is 9.97 Å². The number of sulfone groups is 1. The minimum Gasteiger partial charge on any atom is -0.381 e. The molecular weight excluding hydrogens is 402 g/mol. The molecule has 0 spiro atoms. The second-order valence-electron chi connectivity index (χ2n) is 8.19. The van der Waals surface area contributed by atoms with E-state index in [1.807, 2.05) is 13.0 Å². The lowest BCUT2D eigenvalue weighted by molar-refractivity contribution is -0.118. The molecule has 1 saturated heterocycles. The van der Waals surface area contributed by atoms with Gasteiger partial charge in [-0.2, -0.15) is 0 Å². The topological polar surface area (TPSA) is 98.2 Å². The summed E-state index contributed by atoms with van der Waals surface area (Å²) in [5, 5.41) is 2.61. The lowest BCUT2D eigenvalue weighted by atomic mass is 9.84. The first-order chi connectivity index (χ1) is 14.4. The zero-order valence-electron chi connectivity index (χ0n) is 17.1. The fraction of sp³-hybridized carbons (Fsp3) is 0.500. The van der Waals surface area contributed by atoms with E-state index in [1.165, 1.54) is 12.4 Å². The number of carbonyl (C=O) groups is 1. The van der Waals surface area contributed by atoms with E-state index in [2.05, 4.69) is 15.3 Å². The van der Waals surface area contributed by atoms with Crippen LogP contribution in [0.3, 0.4) is 0 Å². The van der Waals surface area contributed by atoms with E-state index < -0.39 is 15.8 Å². The van der Waals surface area contributed by atoms with Crippen molar-refractivity contribution in [2.45, 2.75) is 55.1 Å². The molecule has 7 nitrogen and oxygen atoms in total. The average molecular weight is 430 g/mol. The van der Waals surface area contributed by atoms with Gasteiger partial charge in [-0.3, -0.25) is 9.78 Å². The van der Waals surface area contributed by atoms with Crippen molar-refractivity contribution >= 4 is 21.6 Å². The Bertz CT molecular complexity index is 1000. The van der Waals surface area contributed by atoms with Crippen LogP contribution in [0.15, 0.2) is 41.7 Å². The summed E-state index contributed by atoms with van der Waals surface area (Å²) >= 11 is 0. The van der Waals surface area contributed by atoms with Crippen LogP contribution >= 0.6 is 0 Å². The maximum absolute atomic E-state index is 13.2. The van der Waals surface area contributed by atoms with Gasteiger partial charge in [-0.25, -0.2) is 13.4 Å². The summed E-state index contributed by atoms with van der Waals surface area (Å²) in [5.74, 6) is 0.237. The third-order valence-electron chi connectivity index (χ3n) is 5.91. The van der Waals surface area contributed by atoms with E-state index in [1.54, 1.807) is 18.3 Å². The molecule has 1 aliphatic heterocycles. The van der Waals surface area contributed by atoms with Crippen LogP contribution in [-0.2, 0) is 19.4 Å². The highest BCUT2D eigenvalue weighted by molar-refractivity contribution is 7.92. The molecule has 0 radical (unpaired) electrons. The maximum atomic E-state index is 13.2. The van der Waals surface area contributed by atoms with Crippen LogP contribution in [0.2, 0.25) is 0 Å². The molecule has 30 heavy (non-hydrogen) atoms. The largest absolute Gasteiger partial charge is 0.381 e. The van der Waals surface area contributed by atoms with Crippen molar-refractivity contribution in [3.63, 3.8) is 0 Å². The van der Waals surface area contributed by atoms with Crippen LogP contribution in [0.4, 0.5) is 5.82 Å². The first-order valence-electron chi connectivity index (χ1n) is 10.4. The van der Waals surface area contributed by atoms with Crippen molar-refractivity contribution in [2.75, 3.05) is 18.5 Å².